The molecule has 0 amide bonds. The molecule has 1 aromatic heterocycles. The van der Waals surface area contributed by atoms with Gasteiger partial charge in [0.1, 0.15) is 5.82 Å². The van der Waals surface area contributed by atoms with Crippen LogP contribution >= 0.6 is 0 Å². The van der Waals surface area contributed by atoms with Gasteiger partial charge in [0.2, 0.25) is 0 Å². The van der Waals surface area contributed by atoms with E-state index in [0.717, 1.165) is 18.9 Å². The summed E-state index contributed by atoms with van der Waals surface area (Å²) in [5.74, 6) is 1.08. The minimum Gasteiger partial charge on any atom is -0.372 e. The molecule has 4 nitrogen and oxygen atoms in total. The van der Waals surface area contributed by atoms with E-state index in [-0.39, 0.29) is 0 Å². The number of hydrogen-bond donors (Lipinski definition) is 1. The number of anilines is 2. The fourth-order valence-corrected chi connectivity index (χ4v) is 2.73. The lowest BCUT2D eigenvalue weighted by atomic mass is 10.2. The van der Waals surface area contributed by atoms with Crippen molar-refractivity contribution in [3.05, 3.63) is 42.1 Å². The molecule has 0 saturated carbocycles. The third kappa shape index (κ3) is 2.79. The lowest BCUT2D eigenvalue weighted by molar-refractivity contribution is 0.664. The van der Waals surface area contributed by atoms with Crippen LogP contribution in [0.5, 0.6) is 0 Å². The molecule has 0 aliphatic carbocycles. The molecule has 3 rings (SSSR count). The van der Waals surface area contributed by atoms with Crippen molar-refractivity contribution in [2.24, 2.45) is 0 Å². The smallest absolute Gasteiger partial charge is 0.124 e. The molecule has 0 atom stereocenters. The van der Waals surface area contributed by atoms with E-state index in [2.05, 4.69) is 46.5 Å². The first-order chi connectivity index (χ1) is 9.86. The number of aromatic nitrogens is 2. The van der Waals surface area contributed by atoms with Crippen LogP contribution in [0.1, 0.15) is 25.3 Å². The SMILES string of the molecule is CCn1nccc1NCc1ccc(N2CCCC2)cc1. The number of benzene rings is 1. The molecular formula is C16H22N4. The highest BCUT2D eigenvalue weighted by atomic mass is 15.3. The molecule has 106 valence electrons. The topological polar surface area (TPSA) is 33.1 Å². The second-order valence-electron chi connectivity index (χ2n) is 5.25. The highest BCUT2D eigenvalue weighted by Gasteiger charge is 2.11. The average Bonchev–Trinajstić information content (AvgIpc) is 3.16. The predicted octanol–water partition coefficient (Wildman–Crippen LogP) is 3.12. The van der Waals surface area contributed by atoms with E-state index in [4.69, 9.17) is 0 Å². The molecule has 1 saturated heterocycles. The molecule has 20 heavy (non-hydrogen) atoms. The Kier molecular flexibility index (Phi) is 3.90. The van der Waals surface area contributed by atoms with Gasteiger partial charge in [-0.3, -0.25) is 4.68 Å². The van der Waals surface area contributed by atoms with Gasteiger partial charge in [-0.2, -0.15) is 5.10 Å². The van der Waals surface area contributed by atoms with Crippen molar-refractivity contribution in [3.8, 4) is 0 Å². The Labute approximate surface area is 120 Å². The van der Waals surface area contributed by atoms with Crippen molar-refractivity contribution in [2.75, 3.05) is 23.3 Å². The molecule has 0 spiro atoms. The maximum absolute atomic E-state index is 4.26. The van der Waals surface area contributed by atoms with Gasteiger partial charge in [0, 0.05) is 37.9 Å². The number of aryl methyl sites for hydroxylation is 1. The van der Waals surface area contributed by atoms with Crippen molar-refractivity contribution >= 4 is 11.5 Å². The second kappa shape index (κ2) is 5.99. The standard InChI is InChI=1S/C16H22N4/c1-2-20-16(9-10-18-20)17-13-14-5-7-15(8-6-14)19-11-3-4-12-19/h5-10,17H,2-4,11-13H2,1H3. The van der Waals surface area contributed by atoms with Gasteiger partial charge in [-0.15, -0.1) is 0 Å². The van der Waals surface area contributed by atoms with Gasteiger partial charge >= 0.3 is 0 Å². The van der Waals surface area contributed by atoms with Crippen LogP contribution in [0.4, 0.5) is 11.5 Å². The van der Waals surface area contributed by atoms with Crippen LogP contribution in [-0.2, 0) is 13.1 Å². The first-order valence-corrected chi connectivity index (χ1v) is 7.46. The molecule has 0 radical (unpaired) electrons. The predicted molar refractivity (Wildman–Crippen MR) is 83.1 cm³/mol. The van der Waals surface area contributed by atoms with Gasteiger partial charge in [-0.1, -0.05) is 12.1 Å². The van der Waals surface area contributed by atoms with Crippen molar-refractivity contribution in [3.63, 3.8) is 0 Å². The van der Waals surface area contributed by atoms with Crippen molar-refractivity contribution in [1.82, 2.24) is 9.78 Å². The van der Waals surface area contributed by atoms with Crippen LogP contribution in [0.15, 0.2) is 36.5 Å². The van der Waals surface area contributed by atoms with E-state index in [1.807, 2.05) is 16.9 Å². The minimum atomic E-state index is 0.839. The lowest BCUT2D eigenvalue weighted by Gasteiger charge is -2.17. The van der Waals surface area contributed by atoms with Gasteiger partial charge < -0.3 is 10.2 Å². The molecule has 1 aliphatic heterocycles. The van der Waals surface area contributed by atoms with Crippen LogP contribution < -0.4 is 10.2 Å². The molecule has 0 unspecified atom stereocenters. The van der Waals surface area contributed by atoms with Gasteiger partial charge in [-0.25, -0.2) is 0 Å². The summed E-state index contributed by atoms with van der Waals surface area (Å²) >= 11 is 0. The number of nitrogens with one attached hydrogen (secondary N) is 1. The minimum absolute atomic E-state index is 0.839. The second-order valence-corrected chi connectivity index (χ2v) is 5.25. The first-order valence-electron chi connectivity index (χ1n) is 7.46. The Balaban J connectivity index is 1.60. The van der Waals surface area contributed by atoms with Gasteiger partial charge in [-0.05, 0) is 37.5 Å². The fourth-order valence-electron chi connectivity index (χ4n) is 2.73. The van der Waals surface area contributed by atoms with Crippen LogP contribution in [0.25, 0.3) is 0 Å². The summed E-state index contributed by atoms with van der Waals surface area (Å²) in [6.45, 7) is 6.23. The molecule has 0 bridgehead atoms. The molecule has 2 aromatic rings. The van der Waals surface area contributed by atoms with E-state index >= 15 is 0 Å². The first kappa shape index (κ1) is 13.0. The third-order valence-corrected chi connectivity index (χ3v) is 3.90. The summed E-state index contributed by atoms with van der Waals surface area (Å²) in [5, 5.41) is 7.70. The maximum atomic E-state index is 4.26. The summed E-state index contributed by atoms with van der Waals surface area (Å²) in [6, 6.07) is 10.9. The van der Waals surface area contributed by atoms with Crippen LogP contribution in [0.2, 0.25) is 0 Å². The quantitative estimate of drug-likeness (QED) is 0.906. The molecule has 1 aliphatic rings. The summed E-state index contributed by atoms with van der Waals surface area (Å²) in [7, 11) is 0. The van der Waals surface area contributed by atoms with Gasteiger partial charge in [0.05, 0.1) is 6.20 Å². The maximum Gasteiger partial charge on any atom is 0.124 e. The highest BCUT2D eigenvalue weighted by molar-refractivity contribution is 5.48. The summed E-state index contributed by atoms with van der Waals surface area (Å²) < 4.78 is 1.97. The van der Waals surface area contributed by atoms with Crippen LogP contribution in [-0.4, -0.2) is 22.9 Å². The Hall–Kier alpha value is -1.97. The number of hydrogen-bond acceptors (Lipinski definition) is 3. The molecule has 1 fully saturated rings. The third-order valence-electron chi connectivity index (χ3n) is 3.90. The Morgan fingerprint density at radius 2 is 1.85 bits per heavy atom. The Morgan fingerprint density at radius 1 is 1.10 bits per heavy atom. The highest BCUT2D eigenvalue weighted by Crippen LogP contribution is 2.20. The molecule has 1 aromatic carbocycles. The Bertz CT molecular complexity index is 538. The molecule has 2 heterocycles. The zero-order valence-corrected chi connectivity index (χ0v) is 12.0. The summed E-state index contributed by atoms with van der Waals surface area (Å²) in [6.07, 6.45) is 4.48. The van der Waals surface area contributed by atoms with Gasteiger partial charge in [0.15, 0.2) is 0 Å². The summed E-state index contributed by atoms with van der Waals surface area (Å²) in [4.78, 5) is 2.46. The van der Waals surface area contributed by atoms with E-state index in [0.29, 0.717) is 0 Å². The van der Waals surface area contributed by atoms with Crippen molar-refractivity contribution in [1.29, 1.82) is 0 Å². The van der Waals surface area contributed by atoms with E-state index in [9.17, 15) is 0 Å². The molecular weight excluding hydrogens is 248 g/mol. The Morgan fingerprint density at radius 3 is 2.55 bits per heavy atom. The lowest BCUT2D eigenvalue weighted by Crippen LogP contribution is -2.17. The van der Waals surface area contributed by atoms with Crippen LogP contribution in [0, 0.1) is 0 Å². The average molecular weight is 270 g/mol. The zero-order valence-electron chi connectivity index (χ0n) is 12.0. The van der Waals surface area contributed by atoms with E-state index in [1.165, 1.54) is 37.2 Å². The van der Waals surface area contributed by atoms with E-state index < -0.39 is 0 Å². The molecule has 1 N–H and O–H groups in total. The van der Waals surface area contributed by atoms with Crippen LogP contribution in [0.3, 0.4) is 0 Å². The van der Waals surface area contributed by atoms with Crippen molar-refractivity contribution < 1.29 is 0 Å². The number of nitrogens with zero attached hydrogens (tertiary/aromatic N) is 3. The number of rotatable bonds is 5. The van der Waals surface area contributed by atoms with Crippen molar-refractivity contribution in [2.45, 2.75) is 32.9 Å². The van der Waals surface area contributed by atoms with E-state index in [1.54, 1.807) is 0 Å². The fraction of sp³-hybridized carbons (Fsp3) is 0.438. The summed E-state index contributed by atoms with van der Waals surface area (Å²) in [5.41, 5.74) is 2.65. The normalized spacial score (nSPS) is 14.8. The zero-order chi connectivity index (χ0) is 13.8. The monoisotopic (exact) mass is 270 g/mol. The van der Waals surface area contributed by atoms with Gasteiger partial charge in [0.25, 0.3) is 0 Å². The molecule has 4 heteroatoms. The largest absolute Gasteiger partial charge is 0.372 e.